The monoisotopic (exact) mass is 656 g/mol. The van der Waals surface area contributed by atoms with Gasteiger partial charge in [-0.2, -0.15) is 13.2 Å². The third-order valence-corrected chi connectivity index (χ3v) is 10.7. The Morgan fingerprint density at radius 2 is 1.67 bits per heavy atom. The summed E-state index contributed by atoms with van der Waals surface area (Å²) in [5.74, 6) is -2.32. The number of hydrogen-bond donors (Lipinski definition) is 2. The highest BCUT2D eigenvalue weighted by Gasteiger charge is 2.52. The van der Waals surface area contributed by atoms with E-state index in [2.05, 4.69) is 10.6 Å². The minimum atomic E-state index is -5.61. The maximum Gasteiger partial charge on any atom is 0.501 e. The van der Waals surface area contributed by atoms with Gasteiger partial charge in [-0.25, -0.2) is 12.8 Å². The summed E-state index contributed by atoms with van der Waals surface area (Å²) in [4.78, 5) is 26.1. The van der Waals surface area contributed by atoms with Crippen LogP contribution in [0.3, 0.4) is 0 Å². The number of carbonyl (C=O) groups excluding carboxylic acids is 2. The molecule has 0 aliphatic heterocycles. The molecule has 2 N–H and O–H groups in total. The van der Waals surface area contributed by atoms with Gasteiger partial charge in [0.05, 0.1) is 29.6 Å². The molecule has 0 saturated heterocycles. The molecule has 14 heteroatoms. The number of rotatable bonds is 10. The van der Waals surface area contributed by atoms with E-state index >= 15 is 0 Å². The van der Waals surface area contributed by atoms with Crippen molar-refractivity contribution in [2.24, 2.45) is 23.7 Å². The lowest BCUT2D eigenvalue weighted by Crippen LogP contribution is -2.48. The molecule has 9 nitrogen and oxygen atoms in total. The maximum atomic E-state index is 15.0. The third kappa shape index (κ3) is 6.91. The van der Waals surface area contributed by atoms with E-state index in [9.17, 15) is 35.6 Å². The van der Waals surface area contributed by atoms with E-state index < -0.39 is 49.8 Å². The van der Waals surface area contributed by atoms with Crippen LogP contribution in [-0.2, 0) is 19.4 Å². The highest BCUT2D eigenvalue weighted by molar-refractivity contribution is 7.92. The Kier molecular flexibility index (Phi) is 9.64. The van der Waals surface area contributed by atoms with Gasteiger partial charge in [0.25, 0.3) is 15.7 Å². The van der Waals surface area contributed by atoms with Crippen LogP contribution in [-0.4, -0.2) is 58.7 Å². The second-order valence-corrected chi connectivity index (χ2v) is 14.0. The van der Waals surface area contributed by atoms with Crippen molar-refractivity contribution in [3.05, 3.63) is 47.8 Å². The van der Waals surface area contributed by atoms with Gasteiger partial charge in [0.15, 0.2) is 11.6 Å². The SMILES string of the molecule is COC[C@H]1CC[C@@H](Oc2cc(C(=O)N[C@@H]3[C@@H]4CC[C@@H](C4)[C@@H]3C(=O)Nc3cccc(S(=O)(=O)C(F)(F)F)c3)c(OC)cc2F)CC1. The Morgan fingerprint density at radius 3 is 2.33 bits per heavy atom. The summed E-state index contributed by atoms with van der Waals surface area (Å²) in [6, 6.07) is 5.75. The fourth-order valence-corrected chi connectivity index (χ4v) is 7.82. The lowest BCUT2D eigenvalue weighted by Gasteiger charge is -2.31. The van der Waals surface area contributed by atoms with Gasteiger partial charge in [-0.05, 0) is 87.0 Å². The number of amides is 2. The summed E-state index contributed by atoms with van der Waals surface area (Å²) in [6.07, 6.45) is 5.11. The van der Waals surface area contributed by atoms with E-state index in [-0.39, 0.29) is 40.7 Å². The van der Waals surface area contributed by atoms with Crippen LogP contribution in [0.5, 0.6) is 11.5 Å². The van der Waals surface area contributed by atoms with Gasteiger partial charge in [0.2, 0.25) is 5.91 Å². The molecule has 45 heavy (non-hydrogen) atoms. The zero-order valence-corrected chi connectivity index (χ0v) is 25.7. The molecule has 246 valence electrons. The van der Waals surface area contributed by atoms with Gasteiger partial charge >= 0.3 is 5.51 Å². The number of methoxy groups -OCH3 is 2. The Balaban J connectivity index is 1.31. The number of sulfone groups is 1. The number of hydrogen-bond acceptors (Lipinski definition) is 7. The molecule has 0 unspecified atom stereocenters. The summed E-state index contributed by atoms with van der Waals surface area (Å²) in [5, 5.41) is 5.47. The van der Waals surface area contributed by atoms with Crippen LogP contribution < -0.4 is 20.1 Å². The average Bonchev–Trinajstić information content (AvgIpc) is 3.61. The first-order valence-electron chi connectivity index (χ1n) is 14.9. The molecule has 5 rings (SSSR count). The van der Waals surface area contributed by atoms with Gasteiger partial charge in [-0.15, -0.1) is 0 Å². The van der Waals surface area contributed by atoms with Crippen molar-refractivity contribution < 1.29 is 49.8 Å². The zero-order chi connectivity index (χ0) is 32.5. The summed E-state index contributed by atoms with van der Waals surface area (Å²) >= 11 is 0. The number of fused-ring (bicyclic) bond motifs is 2. The predicted octanol–water partition coefficient (Wildman–Crippen LogP) is 5.50. The van der Waals surface area contributed by atoms with Crippen LogP contribution in [0.1, 0.15) is 55.3 Å². The van der Waals surface area contributed by atoms with Gasteiger partial charge < -0.3 is 24.8 Å². The fourth-order valence-electron chi connectivity index (χ4n) is 7.01. The smallest absolute Gasteiger partial charge is 0.496 e. The molecule has 0 spiro atoms. The molecule has 2 bridgehead atoms. The van der Waals surface area contributed by atoms with Crippen molar-refractivity contribution >= 4 is 27.3 Å². The Labute approximate surface area is 258 Å². The second kappa shape index (κ2) is 13.1. The number of carbonyl (C=O) groups is 2. The Bertz CT molecular complexity index is 1530. The van der Waals surface area contributed by atoms with E-state index in [1.165, 1.54) is 19.2 Å². The molecule has 2 amide bonds. The first-order valence-corrected chi connectivity index (χ1v) is 16.4. The first kappa shape index (κ1) is 33.0. The number of anilines is 1. The molecule has 3 saturated carbocycles. The minimum Gasteiger partial charge on any atom is -0.496 e. The summed E-state index contributed by atoms with van der Waals surface area (Å²) < 4.78 is 94.5. The van der Waals surface area contributed by atoms with Crippen molar-refractivity contribution in [1.29, 1.82) is 0 Å². The van der Waals surface area contributed by atoms with Crippen molar-refractivity contribution in [1.82, 2.24) is 5.32 Å². The molecule has 4 atom stereocenters. The molecule has 2 aromatic rings. The maximum absolute atomic E-state index is 15.0. The van der Waals surface area contributed by atoms with Gasteiger partial charge in [-0.3, -0.25) is 9.59 Å². The predicted molar refractivity (Wildman–Crippen MR) is 155 cm³/mol. The number of benzene rings is 2. The van der Waals surface area contributed by atoms with Crippen LogP contribution in [0.25, 0.3) is 0 Å². The molecule has 3 aliphatic rings. The summed E-state index contributed by atoms with van der Waals surface area (Å²) in [5.41, 5.74) is -5.57. The van der Waals surface area contributed by atoms with Crippen molar-refractivity contribution in [3.63, 3.8) is 0 Å². The molecule has 0 radical (unpaired) electrons. The summed E-state index contributed by atoms with van der Waals surface area (Å²) in [6.45, 7) is 0.655. The van der Waals surface area contributed by atoms with Crippen LogP contribution in [0.15, 0.2) is 41.3 Å². The molecule has 3 aliphatic carbocycles. The lowest BCUT2D eigenvalue weighted by molar-refractivity contribution is -0.122. The largest absolute Gasteiger partial charge is 0.501 e. The lowest BCUT2D eigenvalue weighted by atomic mass is 9.83. The van der Waals surface area contributed by atoms with Crippen LogP contribution in [0, 0.1) is 29.5 Å². The summed E-state index contributed by atoms with van der Waals surface area (Å²) in [7, 11) is -2.64. The minimum absolute atomic E-state index is 0.00648. The third-order valence-electron chi connectivity index (χ3n) is 9.22. The van der Waals surface area contributed by atoms with Gasteiger partial charge in [0, 0.05) is 31.5 Å². The van der Waals surface area contributed by atoms with Crippen molar-refractivity contribution in [2.45, 2.75) is 67.5 Å². The quantitative estimate of drug-likeness (QED) is 0.325. The first-order chi connectivity index (χ1) is 21.3. The number of alkyl halides is 3. The van der Waals surface area contributed by atoms with Gasteiger partial charge in [-0.1, -0.05) is 6.07 Å². The molecule has 0 heterocycles. The van der Waals surface area contributed by atoms with Gasteiger partial charge in [0.1, 0.15) is 5.75 Å². The molecular weight excluding hydrogens is 620 g/mol. The zero-order valence-electron chi connectivity index (χ0n) is 24.9. The highest BCUT2D eigenvalue weighted by atomic mass is 32.2. The van der Waals surface area contributed by atoms with E-state index in [0.717, 1.165) is 49.9 Å². The van der Waals surface area contributed by atoms with Crippen LogP contribution in [0.4, 0.5) is 23.2 Å². The standard InChI is InChI=1S/C31H36F4N2O7S/c1-42-16-17-6-10-21(11-7-17)44-26-14-23(25(43-2)15-24(26)32)29(38)37-28-19-9-8-18(12-19)27(28)30(39)36-20-4-3-5-22(13-20)45(40,41)31(33,34)35/h3-5,13-15,17-19,21,27-28H,6-12,16H2,1-2H3,(H,36,39)(H,37,38)/t17-,18-,19+,21+,27-,28+/m0/s1. The van der Waals surface area contributed by atoms with E-state index in [0.29, 0.717) is 31.8 Å². The topological polar surface area (TPSA) is 120 Å². The molecular formula is C31H36F4N2O7S. The van der Waals surface area contributed by atoms with E-state index in [1.807, 2.05) is 0 Å². The van der Waals surface area contributed by atoms with Crippen molar-refractivity contribution in [3.8, 4) is 11.5 Å². The van der Waals surface area contributed by atoms with Crippen LogP contribution >= 0.6 is 0 Å². The number of nitrogens with one attached hydrogen (secondary N) is 2. The number of halogens is 4. The van der Waals surface area contributed by atoms with Crippen LogP contribution in [0.2, 0.25) is 0 Å². The second-order valence-electron chi connectivity index (χ2n) is 12.0. The molecule has 0 aromatic heterocycles. The van der Waals surface area contributed by atoms with Crippen molar-refractivity contribution in [2.75, 3.05) is 26.1 Å². The molecule has 2 aromatic carbocycles. The average molecular weight is 657 g/mol. The van der Waals surface area contributed by atoms with E-state index in [4.69, 9.17) is 14.2 Å². The number of ether oxygens (including phenoxy) is 3. The fraction of sp³-hybridized carbons (Fsp3) is 0.548. The van der Waals surface area contributed by atoms with E-state index in [1.54, 1.807) is 7.11 Å². The highest BCUT2D eigenvalue weighted by Crippen LogP contribution is 2.49. The Morgan fingerprint density at radius 1 is 0.956 bits per heavy atom. The Hall–Kier alpha value is -3.39. The molecule has 3 fully saturated rings. The normalized spacial score (nSPS) is 26.4.